The van der Waals surface area contributed by atoms with Crippen LogP contribution in [0.5, 0.6) is 17.2 Å². The summed E-state index contributed by atoms with van der Waals surface area (Å²) in [5.41, 5.74) is 4.39. The van der Waals surface area contributed by atoms with E-state index in [9.17, 15) is 9.90 Å². The summed E-state index contributed by atoms with van der Waals surface area (Å²) in [6.45, 7) is 2.34. The fraction of sp³-hybridized carbons (Fsp3) is 0.296. The van der Waals surface area contributed by atoms with Crippen molar-refractivity contribution in [2.75, 3.05) is 33.9 Å². The van der Waals surface area contributed by atoms with Crippen molar-refractivity contribution in [3.05, 3.63) is 88.5 Å². The highest BCUT2D eigenvalue weighted by Gasteiger charge is 2.22. The molecule has 1 heterocycles. The number of morpholine rings is 1. The molecular formula is C27H30N2O5. The summed E-state index contributed by atoms with van der Waals surface area (Å²) in [7, 11) is 3.15. The van der Waals surface area contributed by atoms with E-state index in [0.29, 0.717) is 30.9 Å². The van der Waals surface area contributed by atoms with Gasteiger partial charge in [-0.15, -0.1) is 0 Å². The standard InChI is InChI=1S/C27H30N2O5/c1-32-21-7-3-18(4-8-21)13-19-5-9-22(26-17-28-11-12-34-26)23(14-19)27(31)29-16-20-6-10-25(33-2)24(30)15-20/h3-10,14-15,26,28,30H,11-13,16-17H2,1-2H3,(H,29,31). The van der Waals surface area contributed by atoms with Gasteiger partial charge in [0.1, 0.15) is 5.75 Å². The topological polar surface area (TPSA) is 89.1 Å². The molecule has 1 aliphatic heterocycles. The number of nitrogens with one attached hydrogen (secondary N) is 2. The molecule has 0 bridgehead atoms. The largest absolute Gasteiger partial charge is 0.504 e. The van der Waals surface area contributed by atoms with Crippen LogP contribution in [0.15, 0.2) is 60.7 Å². The summed E-state index contributed by atoms with van der Waals surface area (Å²) in [4.78, 5) is 13.3. The van der Waals surface area contributed by atoms with E-state index in [2.05, 4.69) is 16.7 Å². The van der Waals surface area contributed by atoms with Crippen molar-refractivity contribution in [1.82, 2.24) is 10.6 Å². The Hall–Kier alpha value is -3.55. The van der Waals surface area contributed by atoms with Crippen LogP contribution < -0.4 is 20.1 Å². The van der Waals surface area contributed by atoms with E-state index < -0.39 is 0 Å². The first-order valence-corrected chi connectivity index (χ1v) is 11.3. The van der Waals surface area contributed by atoms with E-state index in [1.807, 2.05) is 42.5 Å². The van der Waals surface area contributed by atoms with Crippen molar-refractivity contribution in [3.8, 4) is 17.2 Å². The first kappa shape index (κ1) is 23.6. The fourth-order valence-electron chi connectivity index (χ4n) is 4.06. The van der Waals surface area contributed by atoms with E-state index >= 15 is 0 Å². The number of carbonyl (C=O) groups excluding carboxylic acids is 1. The number of phenolic OH excluding ortho intramolecular Hbond substituents is 1. The number of methoxy groups -OCH3 is 2. The van der Waals surface area contributed by atoms with E-state index in [0.717, 1.165) is 34.5 Å². The van der Waals surface area contributed by atoms with Crippen LogP contribution in [0.4, 0.5) is 0 Å². The van der Waals surface area contributed by atoms with Crippen molar-refractivity contribution in [2.45, 2.75) is 19.1 Å². The number of hydrogen-bond donors (Lipinski definition) is 3. The number of carbonyl (C=O) groups is 1. The van der Waals surface area contributed by atoms with Gasteiger partial charge < -0.3 is 30.0 Å². The minimum absolute atomic E-state index is 0.0399. The molecule has 0 saturated carbocycles. The van der Waals surface area contributed by atoms with Gasteiger partial charge in [0.25, 0.3) is 5.91 Å². The molecule has 34 heavy (non-hydrogen) atoms. The lowest BCUT2D eigenvalue weighted by Gasteiger charge is -2.26. The molecule has 7 heteroatoms. The van der Waals surface area contributed by atoms with Crippen LogP contribution >= 0.6 is 0 Å². The molecule has 0 aliphatic carbocycles. The zero-order valence-corrected chi connectivity index (χ0v) is 19.5. The first-order valence-electron chi connectivity index (χ1n) is 11.3. The Balaban J connectivity index is 1.55. The Bertz CT molecular complexity index is 1120. The third-order valence-electron chi connectivity index (χ3n) is 5.90. The van der Waals surface area contributed by atoms with Crippen LogP contribution in [-0.4, -0.2) is 44.9 Å². The van der Waals surface area contributed by atoms with Gasteiger partial charge in [0.15, 0.2) is 11.5 Å². The minimum atomic E-state index is -0.186. The summed E-state index contributed by atoms with van der Waals surface area (Å²) in [5.74, 6) is 1.06. The van der Waals surface area contributed by atoms with Gasteiger partial charge in [-0.2, -0.15) is 0 Å². The zero-order valence-electron chi connectivity index (χ0n) is 19.5. The summed E-state index contributed by atoms with van der Waals surface area (Å²) < 4.78 is 16.3. The summed E-state index contributed by atoms with van der Waals surface area (Å²) >= 11 is 0. The van der Waals surface area contributed by atoms with Crippen molar-refractivity contribution in [3.63, 3.8) is 0 Å². The molecule has 3 aromatic carbocycles. The lowest BCUT2D eigenvalue weighted by Crippen LogP contribution is -2.35. The average molecular weight is 463 g/mol. The smallest absolute Gasteiger partial charge is 0.251 e. The molecule has 7 nitrogen and oxygen atoms in total. The predicted octanol–water partition coefficient (Wildman–Crippen LogP) is 3.59. The van der Waals surface area contributed by atoms with Gasteiger partial charge in [-0.25, -0.2) is 0 Å². The van der Waals surface area contributed by atoms with Crippen LogP contribution in [0.1, 0.15) is 38.7 Å². The van der Waals surface area contributed by atoms with E-state index in [1.54, 1.807) is 19.2 Å². The molecule has 1 amide bonds. The van der Waals surface area contributed by atoms with Crippen molar-refractivity contribution < 1.29 is 24.1 Å². The molecule has 1 saturated heterocycles. The minimum Gasteiger partial charge on any atom is -0.504 e. The highest BCUT2D eigenvalue weighted by molar-refractivity contribution is 5.96. The number of phenols is 1. The molecule has 4 rings (SSSR count). The van der Waals surface area contributed by atoms with Crippen LogP contribution in [0.3, 0.4) is 0 Å². The number of hydrogen-bond acceptors (Lipinski definition) is 6. The molecule has 0 radical (unpaired) electrons. The van der Waals surface area contributed by atoms with E-state index in [-0.39, 0.29) is 24.3 Å². The van der Waals surface area contributed by atoms with Gasteiger partial charge in [0.05, 0.1) is 26.9 Å². The predicted molar refractivity (Wildman–Crippen MR) is 130 cm³/mol. The van der Waals surface area contributed by atoms with Gasteiger partial charge in [0, 0.05) is 25.2 Å². The molecule has 3 aromatic rings. The Kier molecular flexibility index (Phi) is 7.67. The normalized spacial score (nSPS) is 15.5. The first-order chi connectivity index (χ1) is 16.6. The van der Waals surface area contributed by atoms with Gasteiger partial charge >= 0.3 is 0 Å². The SMILES string of the molecule is COc1ccc(Cc2ccc(C3CNCCO3)c(C(=O)NCc3ccc(OC)c(O)c3)c2)cc1. The molecule has 0 aromatic heterocycles. The summed E-state index contributed by atoms with van der Waals surface area (Å²) in [6, 6.07) is 19.0. The number of amides is 1. The second-order valence-electron chi connectivity index (χ2n) is 8.20. The lowest BCUT2D eigenvalue weighted by molar-refractivity contribution is 0.0270. The Morgan fingerprint density at radius 3 is 2.47 bits per heavy atom. The summed E-state index contributed by atoms with van der Waals surface area (Å²) in [5, 5.41) is 16.3. The molecule has 1 aliphatic rings. The van der Waals surface area contributed by atoms with Crippen LogP contribution in [0.25, 0.3) is 0 Å². The number of ether oxygens (including phenoxy) is 3. The molecular weight excluding hydrogens is 432 g/mol. The molecule has 178 valence electrons. The number of rotatable bonds is 8. The highest BCUT2D eigenvalue weighted by atomic mass is 16.5. The average Bonchev–Trinajstić information content (AvgIpc) is 2.88. The monoisotopic (exact) mass is 462 g/mol. The molecule has 3 N–H and O–H groups in total. The maximum atomic E-state index is 13.3. The number of benzene rings is 3. The fourth-order valence-corrected chi connectivity index (χ4v) is 4.06. The van der Waals surface area contributed by atoms with Gasteiger partial charge in [-0.1, -0.05) is 30.3 Å². The zero-order chi connectivity index (χ0) is 23.9. The second-order valence-corrected chi connectivity index (χ2v) is 8.20. The maximum absolute atomic E-state index is 13.3. The lowest BCUT2D eigenvalue weighted by atomic mass is 9.95. The molecule has 1 atom stereocenters. The Morgan fingerprint density at radius 1 is 1.03 bits per heavy atom. The van der Waals surface area contributed by atoms with Crippen LogP contribution in [0.2, 0.25) is 0 Å². The summed E-state index contributed by atoms with van der Waals surface area (Å²) in [6.07, 6.45) is 0.510. The highest BCUT2D eigenvalue weighted by Crippen LogP contribution is 2.27. The van der Waals surface area contributed by atoms with Gasteiger partial charge in [0.2, 0.25) is 0 Å². The van der Waals surface area contributed by atoms with Crippen LogP contribution in [0, 0.1) is 0 Å². The quantitative estimate of drug-likeness (QED) is 0.474. The van der Waals surface area contributed by atoms with Gasteiger partial charge in [-0.3, -0.25) is 4.79 Å². The molecule has 1 fully saturated rings. The molecule has 1 unspecified atom stereocenters. The maximum Gasteiger partial charge on any atom is 0.251 e. The van der Waals surface area contributed by atoms with Crippen molar-refractivity contribution in [1.29, 1.82) is 0 Å². The van der Waals surface area contributed by atoms with E-state index in [1.165, 1.54) is 7.11 Å². The van der Waals surface area contributed by atoms with Crippen LogP contribution in [-0.2, 0) is 17.7 Å². The van der Waals surface area contributed by atoms with Crippen molar-refractivity contribution in [2.24, 2.45) is 0 Å². The molecule has 0 spiro atoms. The third-order valence-corrected chi connectivity index (χ3v) is 5.90. The van der Waals surface area contributed by atoms with E-state index in [4.69, 9.17) is 14.2 Å². The Labute approximate surface area is 199 Å². The Morgan fingerprint density at radius 2 is 1.79 bits per heavy atom. The third kappa shape index (κ3) is 5.68. The van der Waals surface area contributed by atoms with Gasteiger partial charge in [-0.05, 0) is 59.0 Å². The second kappa shape index (κ2) is 11.0. The van der Waals surface area contributed by atoms with Crippen molar-refractivity contribution >= 4 is 5.91 Å². The number of aromatic hydroxyl groups is 1.